The van der Waals surface area contributed by atoms with Crippen LogP contribution in [0.5, 0.6) is 0 Å². The van der Waals surface area contributed by atoms with Gasteiger partial charge in [-0.2, -0.15) is 0 Å². The second kappa shape index (κ2) is 15.5. The monoisotopic (exact) mass is 524 g/mol. The maximum Gasteiger partial charge on any atom is 0.305 e. The van der Waals surface area contributed by atoms with Gasteiger partial charge in [-0.25, -0.2) is 0 Å². The van der Waals surface area contributed by atoms with E-state index in [4.69, 9.17) is 18.9 Å². The van der Waals surface area contributed by atoms with Gasteiger partial charge >= 0.3 is 5.97 Å². The van der Waals surface area contributed by atoms with E-state index in [0.717, 1.165) is 19.3 Å². The van der Waals surface area contributed by atoms with Gasteiger partial charge in [-0.1, -0.05) is 45.4 Å². The Kier molecular flexibility index (Phi) is 13.4. The first-order chi connectivity index (χ1) is 17.2. The fourth-order valence-electron chi connectivity index (χ4n) is 4.52. The molecule has 0 saturated carbocycles. The van der Waals surface area contributed by atoms with E-state index in [0.29, 0.717) is 6.42 Å². The van der Waals surface area contributed by atoms with Gasteiger partial charge in [-0.15, -0.1) is 0 Å². The third-order valence-corrected chi connectivity index (χ3v) is 6.91. The van der Waals surface area contributed by atoms with Crippen molar-refractivity contribution in [2.75, 3.05) is 33.0 Å². The zero-order chi connectivity index (χ0) is 26.7. The highest BCUT2D eigenvalue weighted by atomic mass is 16.6. The Bertz CT molecular complexity index is 636. The summed E-state index contributed by atoms with van der Waals surface area (Å²) in [5, 5.41) is 69.9. The van der Waals surface area contributed by atoms with Crippen molar-refractivity contribution in [3.8, 4) is 0 Å². The third kappa shape index (κ3) is 8.29. The molecule has 2 aliphatic rings. The largest absolute Gasteiger partial charge is 0.463 e. The maximum absolute atomic E-state index is 12.1. The molecule has 36 heavy (non-hydrogen) atoms. The fourth-order valence-corrected chi connectivity index (χ4v) is 4.52. The smallest absolute Gasteiger partial charge is 0.305 e. The molecule has 0 aliphatic carbocycles. The minimum Gasteiger partial charge on any atom is -0.463 e. The first-order valence-electron chi connectivity index (χ1n) is 12.9. The molecule has 0 spiro atoms. The highest BCUT2D eigenvalue weighted by molar-refractivity contribution is 5.69. The molecule has 9 atom stereocenters. The van der Waals surface area contributed by atoms with Crippen molar-refractivity contribution in [2.24, 2.45) is 0 Å². The molecule has 212 valence electrons. The summed E-state index contributed by atoms with van der Waals surface area (Å²) in [6.45, 7) is -0.195. The zero-order valence-corrected chi connectivity index (χ0v) is 21.0. The van der Waals surface area contributed by atoms with E-state index in [-0.39, 0.29) is 19.6 Å². The molecule has 0 amide bonds. The van der Waals surface area contributed by atoms with Crippen LogP contribution >= 0.6 is 0 Å². The van der Waals surface area contributed by atoms with Gasteiger partial charge in [0.15, 0.2) is 0 Å². The molecule has 0 bridgehead atoms. The number of hydrogen-bond donors (Lipinski definition) is 7. The number of rotatable bonds is 16. The first kappa shape index (κ1) is 31.3. The van der Waals surface area contributed by atoms with E-state index in [1.165, 1.54) is 19.3 Å². The fraction of sp³-hybridized carbons (Fsp3) is 0.958. The average molecular weight is 525 g/mol. The molecule has 0 radical (unpaired) electrons. The molecule has 12 nitrogen and oxygen atoms in total. The van der Waals surface area contributed by atoms with Gasteiger partial charge in [0.2, 0.25) is 0 Å². The Balaban J connectivity index is 1.78. The van der Waals surface area contributed by atoms with Crippen LogP contribution in [0.25, 0.3) is 0 Å². The topological polar surface area (TPSA) is 196 Å². The van der Waals surface area contributed by atoms with Gasteiger partial charge in [0.1, 0.15) is 61.0 Å². The van der Waals surface area contributed by atoms with E-state index in [1.807, 2.05) is 0 Å². The minimum absolute atomic E-state index is 0.237. The van der Waals surface area contributed by atoms with Crippen molar-refractivity contribution >= 4 is 5.97 Å². The van der Waals surface area contributed by atoms with Crippen LogP contribution in [0, 0.1) is 0 Å². The second-order valence-corrected chi connectivity index (χ2v) is 9.75. The highest BCUT2D eigenvalue weighted by Gasteiger charge is 2.54. The molecule has 2 fully saturated rings. The Morgan fingerprint density at radius 3 is 2.00 bits per heavy atom. The molecule has 3 unspecified atom stereocenters. The van der Waals surface area contributed by atoms with Gasteiger partial charge < -0.3 is 54.7 Å². The third-order valence-electron chi connectivity index (χ3n) is 6.91. The van der Waals surface area contributed by atoms with E-state index < -0.39 is 80.2 Å². The standard InChI is InChI=1S/C24H44O12/c1-2-3-4-5-6-7-8-9-18(27)34-12-17-20(29)22(31)19(28)16(35-17)11-33-14-24(13-26)23(32)21(30)15(10-25)36-24/h15-17,19-23,25-26,28-32H,2-14H2,1H3/t15-,16-,17?,19?,20-,21?,22+,23+,24-/m0/s1. The van der Waals surface area contributed by atoms with Gasteiger partial charge in [0.25, 0.3) is 0 Å². The molecule has 2 saturated heterocycles. The van der Waals surface area contributed by atoms with Crippen molar-refractivity contribution in [1.82, 2.24) is 0 Å². The molecular weight excluding hydrogens is 480 g/mol. The SMILES string of the molecule is CCCCCCCCCC(=O)OCC1O[C@@H](COC[C@]2(CO)O[C@@H](CO)C(O)[C@H]2O)C(O)[C@@H](O)[C@H]1O. The number of ether oxygens (including phenoxy) is 4. The van der Waals surface area contributed by atoms with Crippen molar-refractivity contribution in [2.45, 2.75) is 113 Å². The Labute approximate surface area is 211 Å². The minimum atomic E-state index is -1.70. The molecule has 0 aromatic heterocycles. The number of hydrogen-bond acceptors (Lipinski definition) is 12. The van der Waals surface area contributed by atoms with Crippen LogP contribution in [0.4, 0.5) is 0 Å². The van der Waals surface area contributed by atoms with E-state index in [1.54, 1.807) is 0 Å². The van der Waals surface area contributed by atoms with Crippen molar-refractivity contribution < 1.29 is 59.5 Å². The van der Waals surface area contributed by atoms with Gasteiger partial charge in [0, 0.05) is 6.42 Å². The average Bonchev–Trinajstić information content (AvgIpc) is 3.12. The summed E-state index contributed by atoms with van der Waals surface area (Å²) in [6.07, 6.45) is -3.25. The quantitative estimate of drug-likeness (QED) is 0.0902. The molecule has 2 heterocycles. The Morgan fingerprint density at radius 1 is 0.806 bits per heavy atom. The Hall–Kier alpha value is -0.930. The lowest BCUT2D eigenvalue weighted by atomic mass is 9.95. The summed E-state index contributed by atoms with van der Waals surface area (Å²) in [7, 11) is 0. The van der Waals surface area contributed by atoms with Crippen LogP contribution in [0.15, 0.2) is 0 Å². The Morgan fingerprint density at radius 2 is 1.42 bits per heavy atom. The second-order valence-electron chi connectivity index (χ2n) is 9.75. The molecule has 12 heteroatoms. The van der Waals surface area contributed by atoms with Crippen molar-refractivity contribution in [3.05, 3.63) is 0 Å². The number of carbonyl (C=O) groups is 1. The van der Waals surface area contributed by atoms with Crippen LogP contribution in [0.1, 0.15) is 58.3 Å². The number of aliphatic hydroxyl groups excluding tert-OH is 7. The summed E-state index contributed by atoms with van der Waals surface area (Å²) >= 11 is 0. The van der Waals surface area contributed by atoms with Crippen LogP contribution in [-0.2, 0) is 23.7 Å². The number of unbranched alkanes of at least 4 members (excludes halogenated alkanes) is 6. The van der Waals surface area contributed by atoms with Gasteiger partial charge in [-0.05, 0) is 6.42 Å². The number of aliphatic hydroxyl groups is 7. The van der Waals surface area contributed by atoms with Crippen LogP contribution in [0.3, 0.4) is 0 Å². The molecule has 0 aromatic carbocycles. The van der Waals surface area contributed by atoms with Gasteiger partial charge in [-0.3, -0.25) is 4.79 Å². The first-order valence-corrected chi connectivity index (χ1v) is 12.9. The van der Waals surface area contributed by atoms with Crippen LogP contribution in [0.2, 0.25) is 0 Å². The molecule has 0 aromatic rings. The van der Waals surface area contributed by atoms with Crippen LogP contribution < -0.4 is 0 Å². The molecule has 2 rings (SSSR count). The lowest BCUT2D eigenvalue weighted by Gasteiger charge is -2.40. The van der Waals surface area contributed by atoms with E-state index in [2.05, 4.69) is 6.92 Å². The lowest BCUT2D eigenvalue weighted by Crippen LogP contribution is -2.60. The van der Waals surface area contributed by atoms with Gasteiger partial charge in [0.05, 0.1) is 26.4 Å². The molecule has 2 aliphatic heterocycles. The zero-order valence-electron chi connectivity index (χ0n) is 21.0. The normalized spacial score (nSPS) is 36.8. The van der Waals surface area contributed by atoms with Crippen LogP contribution in [-0.4, -0.2) is 129 Å². The summed E-state index contributed by atoms with van der Waals surface area (Å²) in [5.74, 6) is -0.443. The summed E-state index contributed by atoms with van der Waals surface area (Å²) in [4.78, 5) is 12.1. The van der Waals surface area contributed by atoms with Crippen molar-refractivity contribution in [3.63, 3.8) is 0 Å². The molecular formula is C24H44O12. The summed E-state index contributed by atoms with van der Waals surface area (Å²) < 4.78 is 21.7. The maximum atomic E-state index is 12.1. The number of esters is 1. The highest BCUT2D eigenvalue weighted by Crippen LogP contribution is 2.32. The van der Waals surface area contributed by atoms with E-state index in [9.17, 15) is 40.5 Å². The predicted molar refractivity (Wildman–Crippen MR) is 125 cm³/mol. The van der Waals surface area contributed by atoms with Crippen molar-refractivity contribution in [1.29, 1.82) is 0 Å². The summed E-state index contributed by atoms with van der Waals surface area (Å²) in [5.41, 5.74) is -1.70. The lowest BCUT2D eigenvalue weighted by molar-refractivity contribution is -0.246. The van der Waals surface area contributed by atoms with E-state index >= 15 is 0 Å². The molecule has 7 N–H and O–H groups in total. The number of carbonyl (C=O) groups excluding carboxylic acids is 1. The summed E-state index contributed by atoms with van der Waals surface area (Å²) in [6, 6.07) is 0. The predicted octanol–water partition coefficient (Wildman–Crippen LogP) is -1.62.